The number of carbonyl (C=O) groups excluding carboxylic acids is 1. The Labute approximate surface area is 137 Å². The molecule has 0 spiro atoms. The summed E-state index contributed by atoms with van der Waals surface area (Å²) >= 11 is 0. The minimum absolute atomic E-state index is 0.278. The molecule has 2 aromatic rings. The molecule has 0 aliphatic heterocycles. The zero-order chi connectivity index (χ0) is 16.7. The lowest BCUT2D eigenvalue weighted by atomic mass is 10.2. The van der Waals surface area contributed by atoms with Crippen molar-refractivity contribution in [1.29, 1.82) is 0 Å². The van der Waals surface area contributed by atoms with Crippen LogP contribution in [-0.2, 0) is 0 Å². The fourth-order valence-corrected chi connectivity index (χ4v) is 1.99. The van der Waals surface area contributed by atoms with Crippen LogP contribution in [0.1, 0.15) is 5.56 Å². The van der Waals surface area contributed by atoms with Crippen molar-refractivity contribution in [2.75, 3.05) is 37.9 Å². The van der Waals surface area contributed by atoms with Gasteiger partial charge in [-0.15, -0.1) is 0 Å². The Morgan fingerprint density at radius 1 is 1.04 bits per heavy atom. The fourth-order valence-electron chi connectivity index (χ4n) is 1.99. The molecule has 0 fully saturated rings. The highest BCUT2D eigenvalue weighted by atomic mass is 16.5. The molecule has 2 amide bonds. The predicted molar refractivity (Wildman–Crippen MR) is 94.3 cm³/mol. The molecule has 122 valence electrons. The maximum atomic E-state index is 12.0. The van der Waals surface area contributed by atoms with Gasteiger partial charge in [0, 0.05) is 24.0 Å². The Balaban J connectivity index is 1.95. The first kappa shape index (κ1) is 16.8. The second-order valence-corrected chi connectivity index (χ2v) is 5.58. The maximum Gasteiger partial charge on any atom is 0.323 e. The van der Waals surface area contributed by atoms with Gasteiger partial charge in [0.2, 0.25) is 0 Å². The standard InChI is InChI=1S/C18H23N3O2/c1-14-9-10-16(13-17(14)23-12-11-21(2)3)20-18(22)19-15-7-5-4-6-8-15/h4-10,13H,11-12H2,1-3H3,(H2,19,20,22). The summed E-state index contributed by atoms with van der Waals surface area (Å²) in [6, 6.07) is 14.7. The van der Waals surface area contributed by atoms with Gasteiger partial charge >= 0.3 is 6.03 Å². The van der Waals surface area contributed by atoms with E-state index in [-0.39, 0.29) is 6.03 Å². The van der Waals surface area contributed by atoms with Crippen LogP contribution in [0, 0.1) is 6.92 Å². The van der Waals surface area contributed by atoms with Crippen LogP contribution in [0.3, 0.4) is 0 Å². The summed E-state index contributed by atoms with van der Waals surface area (Å²) in [5.41, 5.74) is 2.49. The molecule has 0 saturated heterocycles. The van der Waals surface area contributed by atoms with Gasteiger partial charge in [0.05, 0.1) is 0 Å². The molecule has 0 bridgehead atoms. The Morgan fingerprint density at radius 3 is 2.43 bits per heavy atom. The number of hydrogen-bond acceptors (Lipinski definition) is 3. The molecule has 2 aromatic carbocycles. The van der Waals surface area contributed by atoms with Crippen molar-refractivity contribution in [3.05, 3.63) is 54.1 Å². The van der Waals surface area contributed by atoms with Gasteiger partial charge in [0.15, 0.2) is 0 Å². The van der Waals surface area contributed by atoms with Crippen LogP contribution < -0.4 is 15.4 Å². The number of ether oxygens (including phenoxy) is 1. The molecule has 0 saturated carbocycles. The Morgan fingerprint density at radius 2 is 1.74 bits per heavy atom. The van der Waals surface area contributed by atoms with E-state index in [4.69, 9.17) is 4.74 Å². The maximum absolute atomic E-state index is 12.0. The van der Waals surface area contributed by atoms with Crippen LogP contribution >= 0.6 is 0 Å². The first-order valence-corrected chi connectivity index (χ1v) is 7.56. The predicted octanol–water partition coefficient (Wildman–Crippen LogP) is 3.58. The molecule has 2 rings (SSSR count). The van der Waals surface area contributed by atoms with E-state index in [9.17, 15) is 4.79 Å². The van der Waals surface area contributed by atoms with Crippen LogP contribution in [0.2, 0.25) is 0 Å². The number of aryl methyl sites for hydroxylation is 1. The van der Waals surface area contributed by atoms with Crippen LogP contribution in [0.4, 0.5) is 16.2 Å². The van der Waals surface area contributed by atoms with Crippen molar-refractivity contribution >= 4 is 17.4 Å². The summed E-state index contributed by atoms with van der Waals surface area (Å²) in [6.45, 7) is 3.43. The van der Waals surface area contributed by atoms with E-state index in [1.807, 2.05) is 69.6 Å². The third-order valence-electron chi connectivity index (χ3n) is 3.27. The number of nitrogens with zero attached hydrogens (tertiary/aromatic N) is 1. The number of amides is 2. The Hall–Kier alpha value is -2.53. The summed E-state index contributed by atoms with van der Waals surface area (Å²) in [5.74, 6) is 0.782. The fraction of sp³-hybridized carbons (Fsp3) is 0.278. The van der Waals surface area contributed by atoms with E-state index in [0.717, 1.165) is 23.5 Å². The SMILES string of the molecule is Cc1ccc(NC(=O)Nc2ccccc2)cc1OCCN(C)C. The number of nitrogens with one attached hydrogen (secondary N) is 2. The van der Waals surface area contributed by atoms with Gasteiger partial charge in [-0.1, -0.05) is 24.3 Å². The van der Waals surface area contributed by atoms with E-state index >= 15 is 0 Å². The average Bonchev–Trinajstić information content (AvgIpc) is 2.51. The third kappa shape index (κ3) is 5.64. The topological polar surface area (TPSA) is 53.6 Å². The van der Waals surface area contributed by atoms with Crippen molar-refractivity contribution in [3.63, 3.8) is 0 Å². The second kappa shape index (κ2) is 8.19. The highest BCUT2D eigenvalue weighted by Crippen LogP contribution is 2.23. The molecule has 2 N–H and O–H groups in total. The molecule has 5 nitrogen and oxygen atoms in total. The number of urea groups is 1. The van der Waals surface area contributed by atoms with Gasteiger partial charge in [-0.3, -0.25) is 0 Å². The number of carbonyl (C=O) groups is 1. The summed E-state index contributed by atoms with van der Waals surface area (Å²) in [5, 5.41) is 5.60. The molecular formula is C18H23N3O2. The van der Waals surface area contributed by atoms with Crippen molar-refractivity contribution in [1.82, 2.24) is 4.90 Å². The minimum atomic E-state index is -0.278. The van der Waals surface area contributed by atoms with Gasteiger partial charge < -0.3 is 20.3 Å². The van der Waals surface area contributed by atoms with Crippen LogP contribution in [0.5, 0.6) is 5.75 Å². The number of hydrogen-bond donors (Lipinski definition) is 2. The van der Waals surface area contributed by atoms with Gasteiger partial charge in [0.25, 0.3) is 0 Å². The van der Waals surface area contributed by atoms with Gasteiger partial charge in [-0.05, 0) is 44.8 Å². The van der Waals surface area contributed by atoms with E-state index in [1.165, 1.54) is 0 Å². The van der Waals surface area contributed by atoms with Crippen LogP contribution in [0.15, 0.2) is 48.5 Å². The average molecular weight is 313 g/mol. The van der Waals surface area contributed by atoms with E-state index in [2.05, 4.69) is 15.5 Å². The third-order valence-corrected chi connectivity index (χ3v) is 3.27. The number of likely N-dealkylation sites (N-methyl/N-ethyl adjacent to an activating group) is 1. The lowest BCUT2D eigenvalue weighted by Crippen LogP contribution is -2.20. The van der Waals surface area contributed by atoms with E-state index in [0.29, 0.717) is 12.3 Å². The largest absolute Gasteiger partial charge is 0.492 e. The van der Waals surface area contributed by atoms with Crippen molar-refractivity contribution in [2.45, 2.75) is 6.92 Å². The molecule has 0 heterocycles. The summed E-state index contributed by atoms with van der Waals surface area (Å²) in [7, 11) is 4.00. The smallest absolute Gasteiger partial charge is 0.323 e. The molecule has 0 aliphatic carbocycles. The molecule has 0 unspecified atom stereocenters. The summed E-state index contributed by atoms with van der Waals surface area (Å²) in [6.07, 6.45) is 0. The van der Waals surface area contributed by atoms with E-state index < -0.39 is 0 Å². The van der Waals surface area contributed by atoms with Crippen LogP contribution in [-0.4, -0.2) is 38.2 Å². The molecular weight excluding hydrogens is 290 g/mol. The minimum Gasteiger partial charge on any atom is -0.492 e. The second-order valence-electron chi connectivity index (χ2n) is 5.58. The molecule has 0 aromatic heterocycles. The first-order valence-electron chi connectivity index (χ1n) is 7.56. The summed E-state index contributed by atoms with van der Waals surface area (Å²) in [4.78, 5) is 14.1. The van der Waals surface area contributed by atoms with Crippen molar-refractivity contribution < 1.29 is 9.53 Å². The summed E-state index contributed by atoms with van der Waals surface area (Å²) < 4.78 is 5.77. The first-order chi connectivity index (χ1) is 11.0. The number of para-hydroxylation sites is 1. The van der Waals surface area contributed by atoms with Gasteiger partial charge in [-0.2, -0.15) is 0 Å². The lowest BCUT2D eigenvalue weighted by molar-refractivity contribution is 0.260. The zero-order valence-electron chi connectivity index (χ0n) is 13.8. The number of anilines is 2. The quantitative estimate of drug-likeness (QED) is 0.857. The van der Waals surface area contributed by atoms with Crippen molar-refractivity contribution in [2.24, 2.45) is 0 Å². The van der Waals surface area contributed by atoms with Gasteiger partial charge in [-0.25, -0.2) is 4.79 Å². The highest BCUT2D eigenvalue weighted by Gasteiger charge is 2.06. The normalized spacial score (nSPS) is 10.4. The lowest BCUT2D eigenvalue weighted by Gasteiger charge is -2.14. The molecule has 0 aliphatic rings. The molecule has 0 radical (unpaired) electrons. The Bertz CT molecular complexity index is 642. The monoisotopic (exact) mass is 313 g/mol. The van der Waals surface area contributed by atoms with E-state index in [1.54, 1.807) is 0 Å². The van der Waals surface area contributed by atoms with Crippen molar-refractivity contribution in [3.8, 4) is 5.75 Å². The highest BCUT2D eigenvalue weighted by molar-refractivity contribution is 5.99. The number of rotatable bonds is 6. The van der Waals surface area contributed by atoms with Gasteiger partial charge in [0.1, 0.15) is 12.4 Å². The molecule has 0 atom stereocenters. The Kier molecular flexibility index (Phi) is 6.00. The van der Waals surface area contributed by atoms with Crippen LogP contribution in [0.25, 0.3) is 0 Å². The molecule has 23 heavy (non-hydrogen) atoms. The molecule has 5 heteroatoms. The number of benzene rings is 2. The zero-order valence-corrected chi connectivity index (χ0v) is 13.8.